The Morgan fingerprint density at radius 1 is 1.44 bits per heavy atom. The first-order valence-electron chi connectivity index (χ1n) is 5.42. The molecule has 0 aliphatic carbocycles. The molecule has 0 aromatic heterocycles. The summed E-state index contributed by atoms with van der Waals surface area (Å²) in [6.07, 6.45) is 1.54. The van der Waals surface area contributed by atoms with Crippen LogP contribution < -0.4 is 10.5 Å². The van der Waals surface area contributed by atoms with Crippen LogP contribution in [0.25, 0.3) is 0 Å². The van der Waals surface area contributed by atoms with E-state index in [1.807, 2.05) is 6.92 Å². The van der Waals surface area contributed by atoms with Crippen molar-refractivity contribution in [3.8, 4) is 0 Å². The summed E-state index contributed by atoms with van der Waals surface area (Å²) in [5, 5.41) is -0.244. The third-order valence-electron chi connectivity index (χ3n) is 2.58. The lowest BCUT2D eigenvalue weighted by Gasteiger charge is -2.12. The molecule has 0 aliphatic heterocycles. The zero-order chi connectivity index (χ0) is 13.9. The van der Waals surface area contributed by atoms with E-state index in [1.54, 1.807) is 25.3 Å². The minimum atomic E-state index is -3.65. The minimum Gasteiger partial charge on any atom is -0.398 e. The van der Waals surface area contributed by atoms with Crippen LogP contribution in [-0.2, 0) is 20.8 Å². The van der Waals surface area contributed by atoms with Gasteiger partial charge in [0.2, 0.25) is 10.0 Å². The summed E-state index contributed by atoms with van der Waals surface area (Å²) in [7, 11) is -4.71. The number of benzene rings is 1. The molecule has 0 spiro atoms. The second-order valence-corrected chi connectivity index (χ2v) is 7.74. The summed E-state index contributed by atoms with van der Waals surface area (Å²) in [4.78, 5) is 0.0576. The predicted octanol–water partition coefficient (Wildman–Crippen LogP) is 0.623. The topological polar surface area (TPSA) is 89.3 Å². The largest absolute Gasteiger partial charge is 0.398 e. The Labute approximate surface area is 110 Å². The molecule has 3 N–H and O–H groups in total. The van der Waals surface area contributed by atoms with Crippen LogP contribution in [0.1, 0.15) is 12.5 Å². The average molecular weight is 290 g/mol. The second-order valence-electron chi connectivity index (χ2n) is 4.20. The molecule has 1 aromatic carbocycles. The molecule has 0 bridgehead atoms. The number of hydrogen-bond donors (Lipinski definition) is 2. The van der Waals surface area contributed by atoms with Gasteiger partial charge in [0.1, 0.15) is 4.90 Å². The zero-order valence-electron chi connectivity index (χ0n) is 10.6. The summed E-state index contributed by atoms with van der Waals surface area (Å²) < 4.78 is 37.6. The molecule has 1 aromatic rings. The number of aryl methyl sites for hydroxylation is 1. The average Bonchev–Trinajstić information content (AvgIpc) is 2.25. The first kappa shape index (κ1) is 15.1. The fraction of sp³-hybridized carbons (Fsp3) is 0.455. The van der Waals surface area contributed by atoms with Gasteiger partial charge in [-0.15, -0.1) is 0 Å². The van der Waals surface area contributed by atoms with Crippen molar-refractivity contribution in [3.63, 3.8) is 0 Å². The maximum Gasteiger partial charge on any atom is 0.242 e. The van der Waals surface area contributed by atoms with E-state index in [4.69, 9.17) is 5.73 Å². The monoisotopic (exact) mass is 290 g/mol. The van der Waals surface area contributed by atoms with Crippen LogP contribution >= 0.6 is 0 Å². The van der Waals surface area contributed by atoms with Crippen LogP contribution in [0.2, 0.25) is 0 Å². The number of nitrogens with two attached hydrogens (primary N) is 1. The van der Waals surface area contributed by atoms with E-state index in [2.05, 4.69) is 4.72 Å². The standard InChI is InChI=1S/C11H18N2O3S2/c1-8-4-5-11(10(12)6-8)18(15,16)13-7-9(2)17(3)14/h4-6,9,13H,7,12H2,1-3H3. The molecule has 7 heteroatoms. The number of anilines is 1. The third-order valence-corrected chi connectivity index (χ3v) is 5.38. The van der Waals surface area contributed by atoms with Crippen molar-refractivity contribution in [1.29, 1.82) is 0 Å². The van der Waals surface area contributed by atoms with Gasteiger partial charge in [-0.1, -0.05) is 6.07 Å². The Bertz CT molecular complexity index is 555. The molecule has 0 saturated heterocycles. The summed E-state index contributed by atoms with van der Waals surface area (Å²) in [6.45, 7) is 3.68. The van der Waals surface area contributed by atoms with Gasteiger partial charge in [-0.2, -0.15) is 0 Å². The first-order valence-corrected chi connectivity index (χ1v) is 8.52. The van der Waals surface area contributed by atoms with Crippen molar-refractivity contribution >= 4 is 26.5 Å². The van der Waals surface area contributed by atoms with E-state index in [1.165, 1.54) is 6.07 Å². The van der Waals surface area contributed by atoms with Crippen LogP contribution in [0.4, 0.5) is 5.69 Å². The Morgan fingerprint density at radius 3 is 2.56 bits per heavy atom. The van der Waals surface area contributed by atoms with Gasteiger partial charge in [-0.3, -0.25) is 4.21 Å². The molecule has 0 radical (unpaired) electrons. The maximum atomic E-state index is 12.0. The Balaban J connectivity index is 2.90. The van der Waals surface area contributed by atoms with Crippen LogP contribution in [0, 0.1) is 6.92 Å². The second kappa shape index (κ2) is 5.81. The van der Waals surface area contributed by atoms with Crippen molar-refractivity contribution in [3.05, 3.63) is 23.8 Å². The van der Waals surface area contributed by atoms with E-state index in [-0.39, 0.29) is 22.4 Å². The summed E-state index contributed by atoms with van der Waals surface area (Å²) >= 11 is 0. The van der Waals surface area contributed by atoms with E-state index >= 15 is 0 Å². The molecular weight excluding hydrogens is 272 g/mol. The number of nitrogen functional groups attached to an aromatic ring is 1. The van der Waals surface area contributed by atoms with Gasteiger partial charge < -0.3 is 5.73 Å². The fourth-order valence-corrected chi connectivity index (χ4v) is 3.00. The molecule has 2 unspecified atom stereocenters. The highest BCUT2D eigenvalue weighted by Crippen LogP contribution is 2.19. The number of sulfonamides is 1. The van der Waals surface area contributed by atoms with E-state index in [0.717, 1.165) is 5.56 Å². The molecule has 0 aliphatic rings. The lowest BCUT2D eigenvalue weighted by Crippen LogP contribution is -2.33. The van der Waals surface area contributed by atoms with E-state index in [9.17, 15) is 12.6 Å². The minimum absolute atomic E-state index is 0.0576. The molecule has 0 fully saturated rings. The molecule has 1 rings (SSSR count). The Kier molecular flexibility index (Phi) is 4.89. The van der Waals surface area contributed by atoms with Crippen LogP contribution in [0.5, 0.6) is 0 Å². The van der Waals surface area contributed by atoms with Crippen molar-refractivity contribution in [2.75, 3.05) is 18.5 Å². The molecule has 2 atom stereocenters. The van der Waals surface area contributed by atoms with Gasteiger partial charge in [-0.05, 0) is 31.5 Å². The molecule has 102 valence electrons. The normalized spacial score (nSPS) is 15.3. The molecule has 5 nitrogen and oxygen atoms in total. The number of rotatable bonds is 5. The van der Waals surface area contributed by atoms with Crippen molar-refractivity contribution in [2.24, 2.45) is 0 Å². The van der Waals surface area contributed by atoms with Gasteiger partial charge in [0.05, 0.1) is 5.69 Å². The van der Waals surface area contributed by atoms with Crippen LogP contribution in [0.3, 0.4) is 0 Å². The van der Waals surface area contributed by atoms with Gasteiger partial charge >= 0.3 is 0 Å². The lowest BCUT2D eigenvalue weighted by atomic mass is 10.2. The summed E-state index contributed by atoms with van der Waals surface area (Å²) in [5.41, 5.74) is 6.81. The van der Waals surface area contributed by atoms with E-state index < -0.39 is 20.8 Å². The summed E-state index contributed by atoms with van der Waals surface area (Å²) in [5.74, 6) is 0. The molecule has 0 saturated carbocycles. The molecule has 0 amide bonds. The van der Waals surface area contributed by atoms with Crippen LogP contribution in [-0.4, -0.2) is 30.7 Å². The smallest absolute Gasteiger partial charge is 0.242 e. The Hall–Kier alpha value is -0.920. The van der Waals surface area contributed by atoms with Gasteiger partial charge in [0, 0.05) is 28.9 Å². The van der Waals surface area contributed by atoms with Crippen molar-refractivity contribution < 1.29 is 12.6 Å². The number of nitrogens with one attached hydrogen (secondary N) is 1. The SMILES string of the molecule is Cc1ccc(S(=O)(=O)NCC(C)S(C)=O)c(N)c1. The summed E-state index contributed by atoms with van der Waals surface area (Å²) in [6, 6.07) is 4.77. The first-order chi connectivity index (χ1) is 8.24. The fourth-order valence-electron chi connectivity index (χ4n) is 1.33. The Morgan fingerprint density at radius 2 is 2.06 bits per heavy atom. The van der Waals surface area contributed by atoms with Gasteiger partial charge in [-0.25, -0.2) is 13.1 Å². The lowest BCUT2D eigenvalue weighted by molar-refractivity contribution is 0.581. The van der Waals surface area contributed by atoms with Gasteiger partial charge in [0.15, 0.2) is 0 Å². The quantitative estimate of drug-likeness (QED) is 0.778. The highest BCUT2D eigenvalue weighted by molar-refractivity contribution is 7.89. The van der Waals surface area contributed by atoms with Crippen molar-refractivity contribution in [2.45, 2.75) is 24.0 Å². The highest BCUT2D eigenvalue weighted by atomic mass is 32.2. The van der Waals surface area contributed by atoms with Crippen molar-refractivity contribution in [1.82, 2.24) is 4.72 Å². The van der Waals surface area contributed by atoms with Crippen LogP contribution in [0.15, 0.2) is 23.1 Å². The maximum absolute atomic E-state index is 12.0. The molecular formula is C11H18N2O3S2. The predicted molar refractivity (Wildman–Crippen MR) is 74.3 cm³/mol. The van der Waals surface area contributed by atoms with E-state index in [0.29, 0.717) is 0 Å². The highest BCUT2D eigenvalue weighted by Gasteiger charge is 2.18. The molecule has 0 heterocycles. The van der Waals surface area contributed by atoms with Gasteiger partial charge in [0.25, 0.3) is 0 Å². The third kappa shape index (κ3) is 3.79. The molecule has 18 heavy (non-hydrogen) atoms. The number of hydrogen-bond acceptors (Lipinski definition) is 4. The zero-order valence-corrected chi connectivity index (χ0v) is 12.3.